The monoisotopic (exact) mass is 698 g/mol. The van der Waals surface area contributed by atoms with Crippen LogP contribution in [0, 0.1) is 11.8 Å². The summed E-state index contributed by atoms with van der Waals surface area (Å²) in [7, 11) is -2.32. The third kappa shape index (κ3) is 7.12. The number of likely N-dealkylation sites (tertiary alicyclic amines) is 1. The minimum Gasteiger partial charge on any atom is -0.497 e. The fraction of sp³-hybridized carbons (Fsp3) is 0.594. The number of ether oxygens (including phenoxy) is 2. The Morgan fingerprint density at radius 3 is 2.39 bits per heavy atom. The van der Waals surface area contributed by atoms with Crippen LogP contribution < -0.4 is 20.1 Å². The molecule has 49 heavy (non-hydrogen) atoms. The number of carbonyl (C=O) groups is 4. The number of aromatic nitrogens is 4. The van der Waals surface area contributed by atoms with E-state index >= 15 is 0 Å². The summed E-state index contributed by atoms with van der Waals surface area (Å²) in [6.07, 6.45) is 4.20. The standard InChI is InChI=1S/C32H42N8O8S/c1-5-20-16-32(20,30(43)37-49(45,46)24-13-14-24)34-28(41)25-15-21(40-36-27(35-38-40)19-9-11-22(47-4)12-10-19)17-39(25)29(42)26(18(2)3)33-31(44)48-23-7-6-8-23/h5,9-12,18,20-21,23-26H,1,6-8,13-17H2,2-4H3,(H,33,44)(H,34,41)(H,37,43)/t20-,21-,25+,26+,32-/m1/s1. The highest BCUT2D eigenvalue weighted by Gasteiger charge is 2.62. The van der Waals surface area contributed by atoms with Gasteiger partial charge in [-0.05, 0) is 73.9 Å². The quantitative estimate of drug-likeness (QED) is 0.256. The highest BCUT2D eigenvalue weighted by atomic mass is 32.2. The number of hydrogen-bond donors (Lipinski definition) is 3. The summed E-state index contributed by atoms with van der Waals surface area (Å²) in [5.41, 5.74) is -0.859. The van der Waals surface area contributed by atoms with Gasteiger partial charge in [0.1, 0.15) is 29.5 Å². The van der Waals surface area contributed by atoms with Crippen molar-refractivity contribution in [1.82, 2.24) is 40.5 Å². The molecule has 3 aliphatic carbocycles. The lowest BCUT2D eigenvalue weighted by atomic mass is 9.96. The van der Waals surface area contributed by atoms with Crippen molar-refractivity contribution in [3.63, 3.8) is 0 Å². The summed E-state index contributed by atoms with van der Waals surface area (Å²) in [4.78, 5) is 57.1. The molecule has 4 amide bonds. The largest absolute Gasteiger partial charge is 0.497 e. The second-order valence-electron chi connectivity index (χ2n) is 13.6. The summed E-state index contributed by atoms with van der Waals surface area (Å²) < 4.78 is 38.0. The molecule has 1 aliphatic heterocycles. The lowest BCUT2D eigenvalue weighted by Crippen LogP contribution is -2.59. The number of alkyl carbamates (subject to hydrolysis) is 1. The van der Waals surface area contributed by atoms with Crippen LogP contribution in [0.2, 0.25) is 0 Å². The highest BCUT2D eigenvalue weighted by molar-refractivity contribution is 7.91. The predicted octanol–water partition coefficient (Wildman–Crippen LogP) is 1.46. The van der Waals surface area contributed by atoms with Crippen LogP contribution in [0.15, 0.2) is 36.9 Å². The first kappa shape index (κ1) is 34.3. The van der Waals surface area contributed by atoms with Crippen molar-refractivity contribution in [2.75, 3.05) is 13.7 Å². The molecule has 1 aromatic heterocycles. The molecule has 3 N–H and O–H groups in total. The topological polar surface area (TPSA) is 204 Å². The number of rotatable bonds is 13. The number of benzene rings is 1. The van der Waals surface area contributed by atoms with E-state index in [1.807, 2.05) is 0 Å². The molecule has 16 nitrogen and oxygen atoms in total. The highest BCUT2D eigenvalue weighted by Crippen LogP contribution is 2.45. The van der Waals surface area contributed by atoms with Crippen LogP contribution in [0.3, 0.4) is 0 Å². The smallest absolute Gasteiger partial charge is 0.408 e. The predicted molar refractivity (Wildman–Crippen MR) is 174 cm³/mol. The number of methoxy groups -OCH3 is 1. The zero-order valence-corrected chi connectivity index (χ0v) is 28.5. The van der Waals surface area contributed by atoms with Crippen LogP contribution in [0.5, 0.6) is 5.75 Å². The number of sulfonamides is 1. The van der Waals surface area contributed by atoms with Gasteiger partial charge in [-0.25, -0.2) is 13.2 Å². The number of carbonyl (C=O) groups excluding carboxylic acids is 4. The van der Waals surface area contributed by atoms with Crippen molar-refractivity contribution in [2.45, 2.75) is 93.8 Å². The third-order valence-electron chi connectivity index (χ3n) is 9.75. The Bertz CT molecular complexity index is 1720. The second kappa shape index (κ2) is 13.4. The normalized spacial score (nSPS) is 25.6. The Morgan fingerprint density at radius 2 is 1.82 bits per heavy atom. The lowest BCUT2D eigenvalue weighted by molar-refractivity contribution is -0.141. The van der Waals surface area contributed by atoms with Crippen molar-refractivity contribution >= 4 is 33.8 Å². The lowest BCUT2D eigenvalue weighted by Gasteiger charge is -2.32. The van der Waals surface area contributed by atoms with Crippen LogP contribution in [0.25, 0.3) is 11.4 Å². The van der Waals surface area contributed by atoms with Crippen LogP contribution >= 0.6 is 0 Å². The van der Waals surface area contributed by atoms with E-state index in [0.717, 1.165) is 19.3 Å². The fourth-order valence-corrected chi connectivity index (χ4v) is 7.58. The summed E-state index contributed by atoms with van der Waals surface area (Å²) in [6, 6.07) is 4.35. The Kier molecular flexibility index (Phi) is 9.39. The van der Waals surface area contributed by atoms with Crippen LogP contribution in [0.1, 0.15) is 64.8 Å². The molecule has 2 aromatic rings. The van der Waals surface area contributed by atoms with E-state index in [0.29, 0.717) is 30.0 Å². The number of nitrogens with one attached hydrogen (secondary N) is 3. The van der Waals surface area contributed by atoms with Crippen molar-refractivity contribution in [3.8, 4) is 17.1 Å². The van der Waals surface area contributed by atoms with Crippen molar-refractivity contribution in [2.24, 2.45) is 11.8 Å². The van der Waals surface area contributed by atoms with Gasteiger partial charge < -0.3 is 25.0 Å². The molecule has 0 unspecified atom stereocenters. The number of hydrogen-bond acceptors (Lipinski definition) is 11. The molecule has 1 saturated heterocycles. The first-order valence-electron chi connectivity index (χ1n) is 16.6. The van der Waals surface area contributed by atoms with E-state index in [9.17, 15) is 27.6 Å². The van der Waals surface area contributed by atoms with Gasteiger partial charge in [-0.3, -0.25) is 19.1 Å². The molecule has 1 aromatic carbocycles. The van der Waals surface area contributed by atoms with Crippen molar-refractivity contribution in [3.05, 3.63) is 36.9 Å². The van der Waals surface area contributed by atoms with Crippen LogP contribution in [-0.2, 0) is 29.1 Å². The molecule has 4 fully saturated rings. The van der Waals surface area contributed by atoms with E-state index in [2.05, 4.69) is 37.3 Å². The van der Waals surface area contributed by atoms with Crippen LogP contribution in [0.4, 0.5) is 4.79 Å². The molecule has 2 heterocycles. The SMILES string of the molecule is C=C[C@@H]1C[C@]1(NC(=O)[C@@H]1C[C@@H](n2nnc(-c3ccc(OC)cc3)n2)CN1C(=O)[C@@H](NC(=O)OC1CCC1)C(C)C)C(=O)NS(=O)(=O)C1CC1. The zero-order chi connectivity index (χ0) is 35.1. The van der Waals surface area contributed by atoms with Gasteiger partial charge in [0.05, 0.1) is 18.4 Å². The second-order valence-corrected chi connectivity index (χ2v) is 15.5. The van der Waals surface area contributed by atoms with Gasteiger partial charge in [-0.2, -0.15) is 4.80 Å². The molecule has 264 valence electrons. The van der Waals surface area contributed by atoms with Crippen molar-refractivity contribution in [1.29, 1.82) is 0 Å². The summed E-state index contributed by atoms with van der Waals surface area (Å²) >= 11 is 0. The van der Waals surface area contributed by atoms with Gasteiger partial charge in [-0.1, -0.05) is 19.9 Å². The fourth-order valence-electron chi connectivity index (χ4n) is 6.22. The van der Waals surface area contributed by atoms with E-state index in [4.69, 9.17) is 9.47 Å². The molecule has 4 aliphatic rings. The van der Waals surface area contributed by atoms with Gasteiger partial charge in [-0.15, -0.1) is 16.8 Å². The zero-order valence-electron chi connectivity index (χ0n) is 27.7. The van der Waals surface area contributed by atoms with E-state index in [1.54, 1.807) is 45.2 Å². The van der Waals surface area contributed by atoms with E-state index in [1.165, 1.54) is 15.8 Å². The van der Waals surface area contributed by atoms with Gasteiger partial charge in [0.2, 0.25) is 27.7 Å². The molecule has 17 heteroatoms. The minimum absolute atomic E-state index is 0.00194. The maximum Gasteiger partial charge on any atom is 0.408 e. The van der Waals surface area contributed by atoms with Gasteiger partial charge in [0, 0.05) is 24.4 Å². The first-order chi connectivity index (χ1) is 23.3. The summed E-state index contributed by atoms with van der Waals surface area (Å²) in [5.74, 6) is -1.92. The molecule has 0 radical (unpaired) electrons. The third-order valence-corrected chi connectivity index (χ3v) is 11.6. The molecular weight excluding hydrogens is 656 g/mol. The Hall–Kier alpha value is -4.54. The van der Waals surface area contributed by atoms with E-state index in [-0.39, 0.29) is 31.4 Å². The average molecular weight is 699 g/mol. The van der Waals surface area contributed by atoms with Crippen molar-refractivity contribution < 1.29 is 37.1 Å². The summed E-state index contributed by atoms with van der Waals surface area (Å²) in [5, 5.41) is 17.8. The molecule has 5 atom stereocenters. The maximum atomic E-state index is 14.2. The minimum atomic E-state index is -3.88. The molecule has 0 bridgehead atoms. The van der Waals surface area contributed by atoms with Gasteiger partial charge in [0.15, 0.2) is 0 Å². The number of amides is 4. The average Bonchev–Trinajstić information content (AvgIpc) is 3.93. The maximum absolute atomic E-state index is 14.2. The van der Waals surface area contributed by atoms with Gasteiger partial charge in [0.25, 0.3) is 5.91 Å². The molecule has 0 spiro atoms. The van der Waals surface area contributed by atoms with Gasteiger partial charge >= 0.3 is 6.09 Å². The first-order valence-corrected chi connectivity index (χ1v) is 18.1. The molecule has 3 saturated carbocycles. The number of nitrogens with zero attached hydrogens (tertiary/aromatic N) is 5. The van der Waals surface area contributed by atoms with E-state index < -0.39 is 68.7 Å². The van der Waals surface area contributed by atoms with Crippen LogP contribution in [-0.4, -0.2) is 100.0 Å². The Balaban J connectivity index is 1.25. The Morgan fingerprint density at radius 1 is 1.10 bits per heavy atom. The molecule has 6 rings (SSSR count). The number of tetrazole rings is 1. The molecular formula is C32H42N8O8S. The summed E-state index contributed by atoms with van der Waals surface area (Å²) in [6.45, 7) is 7.29. The Labute approximate surface area is 284 Å².